The molecule has 2 heteroatoms. The van der Waals surface area contributed by atoms with Crippen molar-refractivity contribution in [1.29, 1.82) is 0 Å². The molecular formula is C14H20N2. The fourth-order valence-corrected chi connectivity index (χ4v) is 3.04. The van der Waals surface area contributed by atoms with E-state index in [1.54, 1.807) is 0 Å². The van der Waals surface area contributed by atoms with Crippen LogP contribution in [0.2, 0.25) is 0 Å². The van der Waals surface area contributed by atoms with Gasteiger partial charge in [0.15, 0.2) is 0 Å². The Bertz CT molecular complexity index is 392. The molecule has 16 heavy (non-hydrogen) atoms. The molecule has 3 rings (SSSR count). The van der Waals surface area contributed by atoms with Gasteiger partial charge >= 0.3 is 0 Å². The maximum atomic E-state index is 3.79. The average molecular weight is 216 g/mol. The third-order valence-electron chi connectivity index (χ3n) is 4.00. The minimum Gasteiger partial charge on any atom is -0.381 e. The Morgan fingerprint density at radius 1 is 1.06 bits per heavy atom. The highest BCUT2D eigenvalue weighted by Crippen LogP contribution is 2.38. The molecule has 0 bridgehead atoms. The van der Waals surface area contributed by atoms with E-state index in [0.29, 0.717) is 5.54 Å². The summed E-state index contributed by atoms with van der Waals surface area (Å²) < 4.78 is 0. The zero-order chi connectivity index (χ0) is 11.0. The SMILES string of the molecule is Cc1ccc2c(c1)NC1(CCCCC1)CN2. The van der Waals surface area contributed by atoms with Crippen molar-refractivity contribution in [3.8, 4) is 0 Å². The van der Waals surface area contributed by atoms with E-state index in [0.717, 1.165) is 6.54 Å². The number of rotatable bonds is 0. The molecule has 1 fully saturated rings. The Balaban J connectivity index is 1.89. The lowest BCUT2D eigenvalue weighted by Crippen LogP contribution is -2.49. The first-order chi connectivity index (χ1) is 7.77. The average Bonchev–Trinajstić information content (AvgIpc) is 2.29. The van der Waals surface area contributed by atoms with Crippen LogP contribution >= 0.6 is 0 Å². The van der Waals surface area contributed by atoms with Crippen molar-refractivity contribution in [3.63, 3.8) is 0 Å². The zero-order valence-electron chi connectivity index (χ0n) is 9.97. The van der Waals surface area contributed by atoms with Gasteiger partial charge in [-0.2, -0.15) is 0 Å². The second-order valence-corrected chi connectivity index (χ2v) is 5.37. The number of fused-ring (bicyclic) bond motifs is 1. The summed E-state index contributed by atoms with van der Waals surface area (Å²) in [6, 6.07) is 6.62. The van der Waals surface area contributed by atoms with Gasteiger partial charge in [0, 0.05) is 6.54 Å². The molecule has 1 aromatic rings. The fraction of sp³-hybridized carbons (Fsp3) is 0.571. The van der Waals surface area contributed by atoms with E-state index in [1.165, 1.54) is 49.0 Å². The molecular weight excluding hydrogens is 196 g/mol. The van der Waals surface area contributed by atoms with Gasteiger partial charge in [-0.1, -0.05) is 25.3 Å². The molecule has 0 atom stereocenters. The molecule has 86 valence electrons. The molecule has 2 N–H and O–H groups in total. The normalized spacial score (nSPS) is 22.1. The zero-order valence-corrected chi connectivity index (χ0v) is 9.97. The first kappa shape index (κ1) is 10.0. The van der Waals surface area contributed by atoms with Gasteiger partial charge in [-0.15, -0.1) is 0 Å². The van der Waals surface area contributed by atoms with Gasteiger partial charge in [-0.3, -0.25) is 0 Å². The highest BCUT2D eigenvalue weighted by atomic mass is 15.1. The number of hydrogen-bond donors (Lipinski definition) is 2. The van der Waals surface area contributed by atoms with Gasteiger partial charge in [0.25, 0.3) is 0 Å². The van der Waals surface area contributed by atoms with Crippen LogP contribution in [0.15, 0.2) is 18.2 Å². The molecule has 1 heterocycles. The summed E-state index contributed by atoms with van der Waals surface area (Å²) in [5.74, 6) is 0. The van der Waals surface area contributed by atoms with Crippen LogP contribution in [0.5, 0.6) is 0 Å². The lowest BCUT2D eigenvalue weighted by Gasteiger charge is -2.43. The highest BCUT2D eigenvalue weighted by molar-refractivity contribution is 5.73. The third kappa shape index (κ3) is 1.66. The van der Waals surface area contributed by atoms with E-state index in [-0.39, 0.29) is 0 Å². The molecule has 1 spiro atoms. The largest absolute Gasteiger partial charge is 0.381 e. The minimum atomic E-state index is 0.332. The van der Waals surface area contributed by atoms with E-state index < -0.39 is 0 Å². The molecule has 0 unspecified atom stereocenters. The van der Waals surface area contributed by atoms with Crippen molar-refractivity contribution in [2.24, 2.45) is 0 Å². The topological polar surface area (TPSA) is 24.1 Å². The van der Waals surface area contributed by atoms with E-state index in [2.05, 4.69) is 35.8 Å². The Morgan fingerprint density at radius 2 is 1.88 bits per heavy atom. The standard InChI is InChI=1S/C14H20N2/c1-11-5-6-12-13(9-11)16-14(10-15-12)7-3-2-4-8-14/h5-6,9,15-16H,2-4,7-8,10H2,1H3. The Morgan fingerprint density at radius 3 is 2.69 bits per heavy atom. The number of benzene rings is 1. The number of hydrogen-bond acceptors (Lipinski definition) is 2. The van der Waals surface area contributed by atoms with Crippen LogP contribution in [0.25, 0.3) is 0 Å². The van der Waals surface area contributed by atoms with Crippen LogP contribution in [-0.2, 0) is 0 Å². The van der Waals surface area contributed by atoms with Crippen LogP contribution in [0.1, 0.15) is 37.7 Å². The Kier molecular flexibility index (Phi) is 2.31. The van der Waals surface area contributed by atoms with Gasteiger partial charge < -0.3 is 10.6 Å². The first-order valence-corrected chi connectivity index (χ1v) is 6.40. The van der Waals surface area contributed by atoms with Crippen LogP contribution < -0.4 is 10.6 Å². The molecule has 2 nitrogen and oxygen atoms in total. The maximum Gasteiger partial charge on any atom is 0.0583 e. The quantitative estimate of drug-likeness (QED) is 0.693. The molecule has 0 aromatic heterocycles. The van der Waals surface area contributed by atoms with E-state index in [1.807, 2.05) is 0 Å². The summed E-state index contributed by atoms with van der Waals surface area (Å²) in [6.07, 6.45) is 6.77. The van der Waals surface area contributed by atoms with Crippen molar-refractivity contribution in [2.75, 3.05) is 17.2 Å². The Hall–Kier alpha value is -1.18. The molecule has 1 aromatic carbocycles. The second-order valence-electron chi connectivity index (χ2n) is 5.37. The summed E-state index contributed by atoms with van der Waals surface area (Å²) >= 11 is 0. The number of anilines is 2. The minimum absolute atomic E-state index is 0.332. The van der Waals surface area contributed by atoms with Crippen LogP contribution in [-0.4, -0.2) is 12.1 Å². The molecule has 0 saturated heterocycles. The molecule has 2 aliphatic rings. The molecule has 1 aliphatic carbocycles. The van der Waals surface area contributed by atoms with Crippen LogP contribution in [0.4, 0.5) is 11.4 Å². The van der Waals surface area contributed by atoms with E-state index in [4.69, 9.17) is 0 Å². The molecule has 1 aliphatic heterocycles. The number of nitrogens with one attached hydrogen (secondary N) is 2. The lowest BCUT2D eigenvalue weighted by molar-refractivity contribution is 0.334. The monoisotopic (exact) mass is 216 g/mol. The van der Waals surface area contributed by atoms with E-state index in [9.17, 15) is 0 Å². The molecule has 1 saturated carbocycles. The number of aryl methyl sites for hydroxylation is 1. The van der Waals surface area contributed by atoms with Crippen molar-refractivity contribution >= 4 is 11.4 Å². The fourth-order valence-electron chi connectivity index (χ4n) is 3.04. The van der Waals surface area contributed by atoms with Crippen LogP contribution in [0.3, 0.4) is 0 Å². The summed E-state index contributed by atoms with van der Waals surface area (Å²) in [7, 11) is 0. The van der Waals surface area contributed by atoms with Gasteiger partial charge in [0.1, 0.15) is 0 Å². The van der Waals surface area contributed by atoms with Gasteiger partial charge in [0.05, 0.1) is 16.9 Å². The van der Waals surface area contributed by atoms with Crippen molar-refractivity contribution in [1.82, 2.24) is 0 Å². The predicted octanol–water partition coefficient (Wildman–Crippen LogP) is 3.54. The molecule has 0 amide bonds. The third-order valence-corrected chi connectivity index (χ3v) is 4.00. The highest BCUT2D eigenvalue weighted by Gasteiger charge is 2.34. The summed E-state index contributed by atoms with van der Waals surface area (Å²) in [5.41, 5.74) is 4.23. The van der Waals surface area contributed by atoms with Gasteiger partial charge in [-0.25, -0.2) is 0 Å². The predicted molar refractivity (Wildman–Crippen MR) is 69.1 cm³/mol. The van der Waals surface area contributed by atoms with E-state index >= 15 is 0 Å². The van der Waals surface area contributed by atoms with Gasteiger partial charge in [0.2, 0.25) is 0 Å². The van der Waals surface area contributed by atoms with Gasteiger partial charge in [-0.05, 0) is 37.5 Å². The van der Waals surface area contributed by atoms with Crippen molar-refractivity contribution in [2.45, 2.75) is 44.6 Å². The second kappa shape index (κ2) is 3.69. The lowest BCUT2D eigenvalue weighted by atomic mass is 9.80. The van der Waals surface area contributed by atoms with Crippen molar-refractivity contribution < 1.29 is 0 Å². The van der Waals surface area contributed by atoms with Crippen LogP contribution in [0, 0.1) is 6.92 Å². The summed E-state index contributed by atoms with van der Waals surface area (Å²) in [6.45, 7) is 3.24. The van der Waals surface area contributed by atoms with Crippen molar-refractivity contribution in [3.05, 3.63) is 23.8 Å². The molecule has 0 radical (unpaired) electrons. The smallest absolute Gasteiger partial charge is 0.0583 e. The first-order valence-electron chi connectivity index (χ1n) is 6.40. The maximum absolute atomic E-state index is 3.79. The Labute approximate surface area is 97.4 Å². The summed E-state index contributed by atoms with van der Waals surface area (Å²) in [4.78, 5) is 0. The summed E-state index contributed by atoms with van der Waals surface area (Å²) in [5, 5.41) is 7.38.